The Hall–Kier alpha value is -2.51. The number of benzene rings is 1. The van der Waals surface area contributed by atoms with Gasteiger partial charge in [0.05, 0.1) is 18.8 Å². The van der Waals surface area contributed by atoms with E-state index in [0.29, 0.717) is 49.0 Å². The second-order valence-corrected chi connectivity index (χ2v) is 6.92. The number of morpholine rings is 1. The maximum Gasteiger partial charge on any atom is 0.262 e. The molecule has 8 heteroatoms. The molecule has 3 heterocycles. The summed E-state index contributed by atoms with van der Waals surface area (Å²) in [5.41, 5.74) is 1.52. The zero-order chi connectivity index (χ0) is 19.1. The van der Waals surface area contributed by atoms with Crippen LogP contribution in [0.3, 0.4) is 0 Å². The average Bonchev–Trinajstić information content (AvgIpc) is 2.66. The molecular formula is C19H18ClFN4O2. The largest absolute Gasteiger partial charge is 0.378 e. The van der Waals surface area contributed by atoms with Gasteiger partial charge in [-0.2, -0.15) is 0 Å². The van der Waals surface area contributed by atoms with Crippen LogP contribution in [-0.4, -0.2) is 40.7 Å². The summed E-state index contributed by atoms with van der Waals surface area (Å²) in [5, 5.41) is 0.280. The third-order valence-corrected chi connectivity index (χ3v) is 5.01. The molecule has 27 heavy (non-hydrogen) atoms. The zero-order valence-corrected chi connectivity index (χ0v) is 15.8. The molecular weight excluding hydrogens is 371 g/mol. The molecule has 1 aliphatic rings. The third kappa shape index (κ3) is 3.17. The first kappa shape index (κ1) is 17.9. The Morgan fingerprint density at radius 1 is 1.15 bits per heavy atom. The number of ether oxygens (including phenoxy) is 1. The van der Waals surface area contributed by atoms with Gasteiger partial charge in [-0.15, -0.1) is 0 Å². The maximum absolute atomic E-state index is 14.7. The van der Waals surface area contributed by atoms with Crippen molar-refractivity contribution >= 4 is 23.1 Å². The van der Waals surface area contributed by atoms with E-state index >= 15 is 0 Å². The highest BCUT2D eigenvalue weighted by Crippen LogP contribution is 2.27. The van der Waals surface area contributed by atoms with E-state index in [9.17, 15) is 9.18 Å². The third-order valence-electron chi connectivity index (χ3n) is 4.78. The molecule has 6 nitrogen and oxygen atoms in total. The van der Waals surface area contributed by atoms with Gasteiger partial charge >= 0.3 is 0 Å². The van der Waals surface area contributed by atoms with E-state index in [4.69, 9.17) is 16.3 Å². The molecule has 0 radical (unpaired) electrons. The van der Waals surface area contributed by atoms with Crippen LogP contribution in [0, 0.1) is 19.7 Å². The van der Waals surface area contributed by atoms with Crippen molar-refractivity contribution in [2.75, 3.05) is 31.2 Å². The number of hydrogen-bond acceptors (Lipinski definition) is 5. The molecule has 140 valence electrons. The van der Waals surface area contributed by atoms with Crippen LogP contribution in [0.1, 0.15) is 11.3 Å². The van der Waals surface area contributed by atoms with E-state index in [-0.39, 0.29) is 22.0 Å². The molecule has 0 unspecified atom stereocenters. The quantitative estimate of drug-likeness (QED) is 0.675. The fraction of sp³-hybridized carbons (Fsp3) is 0.316. The van der Waals surface area contributed by atoms with Crippen LogP contribution < -0.4 is 10.5 Å². The van der Waals surface area contributed by atoms with Gasteiger partial charge in [0.25, 0.3) is 5.56 Å². The molecule has 0 N–H and O–H groups in total. The van der Waals surface area contributed by atoms with Crippen molar-refractivity contribution < 1.29 is 9.13 Å². The standard InChI is InChI=1S/C19H18ClFN4O2/c1-11-12(2)22-17-10-16(24-5-7-27-8-6-24)23-18(25(17)19(11)26)14-4-3-13(20)9-15(14)21/h3-4,9-10H,5-8H2,1-2H3. The molecule has 2 aromatic heterocycles. The summed E-state index contributed by atoms with van der Waals surface area (Å²) in [6.07, 6.45) is 0. The molecule has 0 aliphatic carbocycles. The van der Waals surface area contributed by atoms with Crippen molar-refractivity contribution in [1.29, 1.82) is 0 Å². The van der Waals surface area contributed by atoms with Crippen LogP contribution in [0.25, 0.3) is 17.0 Å². The zero-order valence-electron chi connectivity index (χ0n) is 15.0. The number of rotatable bonds is 2. The number of aryl methyl sites for hydroxylation is 1. The van der Waals surface area contributed by atoms with E-state index < -0.39 is 5.82 Å². The van der Waals surface area contributed by atoms with E-state index in [1.165, 1.54) is 16.5 Å². The molecule has 0 bridgehead atoms. The second kappa shape index (κ2) is 6.90. The number of hydrogen-bond donors (Lipinski definition) is 0. The monoisotopic (exact) mass is 388 g/mol. The number of fused-ring (bicyclic) bond motifs is 1. The van der Waals surface area contributed by atoms with Gasteiger partial charge < -0.3 is 9.64 Å². The van der Waals surface area contributed by atoms with E-state index in [1.54, 1.807) is 26.0 Å². The lowest BCUT2D eigenvalue weighted by Crippen LogP contribution is -2.37. The smallest absolute Gasteiger partial charge is 0.262 e. The summed E-state index contributed by atoms with van der Waals surface area (Å²) in [6.45, 7) is 6.00. The van der Waals surface area contributed by atoms with Crippen LogP contribution in [0.2, 0.25) is 5.02 Å². The van der Waals surface area contributed by atoms with Crippen molar-refractivity contribution in [3.63, 3.8) is 0 Å². The summed E-state index contributed by atoms with van der Waals surface area (Å²) in [5.74, 6) is 0.308. The van der Waals surface area contributed by atoms with Crippen molar-refractivity contribution in [3.8, 4) is 11.4 Å². The summed E-state index contributed by atoms with van der Waals surface area (Å²) in [6, 6.07) is 6.08. The predicted octanol–water partition coefficient (Wildman–Crippen LogP) is 3.00. The SMILES string of the molecule is Cc1nc2cc(N3CCOCC3)nc(-c3ccc(Cl)cc3F)n2c(=O)c1C. The molecule has 0 amide bonds. The first-order valence-corrected chi connectivity index (χ1v) is 9.02. The van der Waals surface area contributed by atoms with Crippen LogP contribution in [0.4, 0.5) is 10.2 Å². The Labute approximate surface area is 160 Å². The number of aromatic nitrogens is 3. The Kier molecular flexibility index (Phi) is 4.57. The summed E-state index contributed by atoms with van der Waals surface area (Å²) in [4.78, 5) is 24.1. The van der Waals surface area contributed by atoms with Gasteiger partial charge in [-0.25, -0.2) is 18.8 Å². The molecule has 1 saturated heterocycles. The fourth-order valence-corrected chi connectivity index (χ4v) is 3.30. The van der Waals surface area contributed by atoms with Crippen molar-refractivity contribution in [1.82, 2.24) is 14.4 Å². The van der Waals surface area contributed by atoms with Gasteiger partial charge in [-0.05, 0) is 32.0 Å². The minimum absolute atomic E-state index is 0.201. The first-order valence-electron chi connectivity index (χ1n) is 8.65. The number of anilines is 1. The highest BCUT2D eigenvalue weighted by atomic mass is 35.5. The van der Waals surface area contributed by atoms with E-state index in [0.717, 1.165) is 0 Å². The van der Waals surface area contributed by atoms with Crippen LogP contribution in [0.15, 0.2) is 29.1 Å². The minimum atomic E-state index is -0.541. The first-order chi connectivity index (χ1) is 13.0. The van der Waals surface area contributed by atoms with Crippen molar-refractivity contribution in [2.24, 2.45) is 0 Å². The van der Waals surface area contributed by atoms with Crippen LogP contribution >= 0.6 is 11.6 Å². The maximum atomic E-state index is 14.7. The molecule has 1 aromatic carbocycles. The van der Waals surface area contributed by atoms with Crippen LogP contribution in [0.5, 0.6) is 0 Å². The molecule has 1 fully saturated rings. The molecule has 4 rings (SSSR count). The Bertz CT molecular complexity index is 1090. The molecule has 0 saturated carbocycles. The number of halogens is 2. The fourth-order valence-electron chi connectivity index (χ4n) is 3.15. The van der Waals surface area contributed by atoms with E-state index in [1.807, 2.05) is 4.90 Å². The second-order valence-electron chi connectivity index (χ2n) is 6.48. The summed E-state index contributed by atoms with van der Waals surface area (Å²) in [7, 11) is 0. The van der Waals surface area contributed by atoms with Gasteiger partial charge in [0.15, 0.2) is 5.82 Å². The highest BCUT2D eigenvalue weighted by molar-refractivity contribution is 6.30. The number of nitrogens with zero attached hydrogens (tertiary/aromatic N) is 4. The van der Waals surface area contributed by atoms with Gasteiger partial charge in [-0.1, -0.05) is 11.6 Å². The van der Waals surface area contributed by atoms with Gasteiger partial charge in [-0.3, -0.25) is 4.79 Å². The van der Waals surface area contributed by atoms with E-state index in [2.05, 4.69) is 9.97 Å². The van der Waals surface area contributed by atoms with Crippen LogP contribution in [-0.2, 0) is 4.74 Å². The normalized spacial score (nSPS) is 14.7. The minimum Gasteiger partial charge on any atom is -0.378 e. The Morgan fingerprint density at radius 2 is 1.89 bits per heavy atom. The van der Waals surface area contributed by atoms with Crippen molar-refractivity contribution in [2.45, 2.75) is 13.8 Å². The molecule has 3 aromatic rings. The Morgan fingerprint density at radius 3 is 2.59 bits per heavy atom. The predicted molar refractivity (Wildman–Crippen MR) is 102 cm³/mol. The lowest BCUT2D eigenvalue weighted by Gasteiger charge is -2.28. The average molecular weight is 389 g/mol. The lowest BCUT2D eigenvalue weighted by atomic mass is 10.2. The topological polar surface area (TPSA) is 59.7 Å². The highest BCUT2D eigenvalue weighted by Gasteiger charge is 2.20. The molecule has 0 spiro atoms. The molecule has 1 aliphatic heterocycles. The van der Waals surface area contributed by atoms with Gasteiger partial charge in [0, 0.05) is 35.4 Å². The molecule has 0 atom stereocenters. The van der Waals surface area contributed by atoms with Gasteiger partial charge in [0.1, 0.15) is 17.3 Å². The summed E-state index contributed by atoms with van der Waals surface area (Å²) < 4.78 is 21.4. The van der Waals surface area contributed by atoms with Gasteiger partial charge in [0.2, 0.25) is 0 Å². The summed E-state index contributed by atoms with van der Waals surface area (Å²) >= 11 is 5.89. The lowest BCUT2D eigenvalue weighted by molar-refractivity contribution is 0.122. The van der Waals surface area contributed by atoms with Crippen molar-refractivity contribution in [3.05, 3.63) is 56.7 Å². The Balaban J connectivity index is 2.04.